The van der Waals surface area contributed by atoms with Gasteiger partial charge < -0.3 is 10.1 Å². The van der Waals surface area contributed by atoms with Crippen molar-refractivity contribution in [2.75, 3.05) is 18.9 Å². The summed E-state index contributed by atoms with van der Waals surface area (Å²) in [6, 6.07) is 12.1. The van der Waals surface area contributed by atoms with Gasteiger partial charge in [0.25, 0.3) is 5.91 Å². The number of aromatic nitrogens is 1. The number of rotatable bonds is 9. The van der Waals surface area contributed by atoms with E-state index in [0.717, 1.165) is 22.7 Å². The molecule has 3 aromatic rings. The molecule has 0 atom stereocenters. The Balaban J connectivity index is 1.32. The van der Waals surface area contributed by atoms with Gasteiger partial charge >= 0.3 is 5.97 Å². The maximum Gasteiger partial charge on any atom is 0.358 e. The molecular formula is C19H18N2O3S3. The molecular weight excluding hydrogens is 400 g/mol. The summed E-state index contributed by atoms with van der Waals surface area (Å²) in [5.41, 5.74) is 1.21. The van der Waals surface area contributed by atoms with Gasteiger partial charge in [-0.1, -0.05) is 18.2 Å². The normalized spacial score (nSPS) is 10.5. The van der Waals surface area contributed by atoms with Crippen molar-refractivity contribution >= 4 is 46.3 Å². The Morgan fingerprint density at radius 2 is 2.00 bits per heavy atom. The second-order valence-electron chi connectivity index (χ2n) is 5.49. The van der Waals surface area contributed by atoms with Gasteiger partial charge in [-0.15, -0.1) is 23.1 Å². The Kier molecular flexibility index (Phi) is 7.44. The summed E-state index contributed by atoms with van der Waals surface area (Å²) in [5.74, 6) is 0.0257. The number of amides is 1. The Morgan fingerprint density at radius 3 is 2.78 bits per heavy atom. The maximum absolute atomic E-state index is 12.0. The lowest BCUT2D eigenvalue weighted by molar-refractivity contribution is -0.124. The van der Waals surface area contributed by atoms with Crippen molar-refractivity contribution < 1.29 is 14.3 Å². The molecule has 0 unspecified atom stereocenters. The van der Waals surface area contributed by atoms with Gasteiger partial charge in [0.2, 0.25) is 0 Å². The second-order valence-corrected chi connectivity index (χ2v) is 8.30. The predicted octanol–water partition coefficient (Wildman–Crippen LogP) is 4.33. The van der Waals surface area contributed by atoms with E-state index in [4.69, 9.17) is 4.74 Å². The summed E-state index contributed by atoms with van der Waals surface area (Å²) < 4.78 is 5.04. The first-order chi connectivity index (χ1) is 13.2. The van der Waals surface area contributed by atoms with Crippen molar-refractivity contribution in [3.8, 4) is 10.6 Å². The molecule has 5 nitrogen and oxygen atoms in total. The van der Waals surface area contributed by atoms with Crippen LogP contribution in [-0.4, -0.2) is 35.8 Å². The fourth-order valence-electron chi connectivity index (χ4n) is 2.15. The van der Waals surface area contributed by atoms with Gasteiger partial charge in [0.05, 0.1) is 0 Å². The van der Waals surface area contributed by atoms with Crippen LogP contribution in [0.4, 0.5) is 0 Å². The maximum atomic E-state index is 12.0. The van der Waals surface area contributed by atoms with Crippen LogP contribution >= 0.6 is 34.4 Å². The zero-order valence-electron chi connectivity index (χ0n) is 14.4. The smallest absolute Gasteiger partial charge is 0.358 e. The van der Waals surface area contributed by atoms with E-state index in [0.29, 0.717) is 6.54 Å². The van der Waals surface area contributed by atoms with Crippen molar-refractivity contribution in [1.29, 1.82) is 0 Å². The minimum atomic E-state index is -0.581. The number of thioether (sulfide) groups is 1. The van der Waals surface area contributed by atoms with Crippen molar-refractivity contribution in [2.24, 2.45) is 0 Å². The molecule has 0 aliphatic heterocycles. The molecule has 0 spiro atoms. The average Bonchev–Trinajstić information content (AvgIpc) is 3.38. The highest BCUT2D eigenvalue weighted by atomic mass is 32.2. The molecule has 0 fully saturated rings. The third-order valence-corrected chi connectivity index (χ3v) is 6.14. The largest absolute Gasteiger partial charge is 0.451 e. The summed E-state index contributed by atoms with van der Waals surface area (Å²) in [6.07, 6.45) is 0.843. The summed E-state index contributed by atoms with van der Waals surface area (Å²) in [5, 5.41) is 9.10. The zero-order chi connectivity index (χ0) is 18.9. The number of ether oxygens (including phenoxy) is 1. The number of carbonyl (C=O) groups is 2. The number of thiophene rings is 1. The molecule has 0 aliphatic rings. The number of thiazole rings is 1. The molecule has 1 N–H and O–H groups in total. The highest BCUT2D eigenvalue weighted by molar-refractivity contribution is 7.99. The molecule has 8 heteroatoms. The van der Waals surface area contributed by atoms with E-state index in [1.54, 1.807) is 28.5 Å². The molecule has 2 heterocycles. The first kappa shape index (κ1) is 19.6. The van der Waals surface area contributed by atoms with Crippen LogP contribution in [0.5, 0.6) is 0 Å². The number of hydrogen-bond acceptors (Lipinski definition) is 7. The van der Waals surface area contributed by atoms with Gasteiger partial charge in [0.15, 0.2) is 12.3 Å². The van der Waals surface area contributed by atoms with Gasteiger partial charge in [-0.25, -0.2) is 9.78 Å². The van der Waals surface area contributed by atoms with Crippen LogP contribution in [0, 0.1) is 0 Å². The molecule has 0 aliphatic carbocycles. The fourth-order valence-corrected chi connectivity index (χ4v) is 4.52. The van der Waals surface area contributed by atoms with Crippen LogP contribution in [0.2, 0.25) is 0 Å². The quantitative estimate of drug-likeness (QED) is 0.318. The standard InChI is InChI=1S/C19H18N2O3S3/c22-17(20-8-4-9-26-15-5-2-1-3-6-15)11-24-19(23)16-13-27-18(21-16)14-7-10-25-12-14/h1-3,5-7,10,12-13H,4,8-9,11H2,(H,20,22). The van der Waals surface area contributed by atoms with Crippen molar-refractivity contribution in [2.45, 2.75) is 11.3 Å². The van der Waals surface area contributed by atoms with Crippen LogP contribution in [0.25, 0.3) is 10.6 Å². The minimum Gasteiger partial charge on any atom is -0.451 e. The average molecular weight is 419 g/mol. The van der Waals surface area contributed by atoms with E-state index in [-0.39, 0.29) is 18.2 Å². The summed E-state index contributed by atoms with van der Waals surface area (Å²) in [6.45, 7) is 0.255. The third kappa shape index (κ3) is 6.20. The molecule has 0 bridgehead atoms. The third-order valence-electron chi connectivity index (χ3n) is 3.47. The first-order valence-corrected chi connectivity index (χ1v) is 11.1. The molecule has 140 valence electrons. The summed E-state index contributed by atoms with van der Waals surface area (Å²) in [7, 11) is 0. The molecule has 1 aromatic carbocycles. The van der Waals surface area contributed by atoms with Crippen LogP contribution in [0.3, 0.4) is 0 Å². The van der Waals surface area contributed by atoms with Crippen LogP contribution in [-0.2, 0) is 9.53 Å². The topological polar surface area (TPSA) is 68.3 Å². The predicted molar refractivity (Wildman–Crippen MR) is 111 cm³/mol. The zero-order valence-corrected chi connectivity index (χ0v) is 16.9. The first-order valence-electron chi connectivity index (χ1n) is 8.32. The van der Waals surface area contributed by atoms with Crippen molar-refractivity contribution in [3.63, 3.8) is 0 Å². The van der Waals surface area contributed by atoms with E-state index in [2.05, 4.69) is 22.4 Å². The monoisotopic (exact) mass is 418 g/mol. The number of esters is 1. The molecule has 1 amide bonds. The van der Waals surface area contributed by atoms with E-state index < -0.39 is 5.97 Å². The fraction of sp³-hybridized carbons (Fsp3) is 0.211. The Morgan fingerprint density at radius 1 is 1.15 bits per heavy atom. The van der Waals surface area contributed by atoms with E-state index in [1.807, 2.05) is 35.0 Å². The molecule has 3 rings (SSSR count). The number of nitrogens with one attached hydrogen (secondary N) is 1. The van der Waals surface area contributed by atoms with Crippen molar-refractivity contribution in [1.82, 2.24) is 10.3 Å². The lowest BCUT2D eigenvalue weighted by Gasteiger charge is -2.06. The number of nitrogens with zero attached hydrogens (tertiary/aromatic N) is 1. The van der Waals surface area contributed by atoms with Crippen molar-refractivity contribution in [3.05, 3.63) is 58.2 Å². The van der Waals surface area contributed by atoms with Gasteiger partial charge in [-0.05, 0) is 35.8 Å². The van der Waals surface area contributed by atoms with Crippen LogP contribution < -0.4 is 5.32 Å². The Bertz CT molecular complexity index is 863. The molecule has 0 saturated carbocycles. The molecule has 0 saturated heterocycles. The molecule has 0 radical (unpaired) electrons. The van der Waals surface area contributed by atoms with Gasteiger partial charge in [0.1, 0.15) is 5.01 Å². The highest BCUT2D eigenvalue weighted by Crippen LogP contribution is 2.25. The van der Waals surface area contributed by atoms with E-state index >= 15 is 0 Å². The lowest BCUT2D eigenvalue weighted by atomic mass is 10.3. The Labute approximate surface area is 169 Å². The highest BCUT2D eigenvalue weighted by Gasteiger charge is 2.15. The number of hydrogen-bond donors (Lipinski definition) is 1. The second kappa shape index (κ2) is 10.2. The van der Waals surface area contributed by atoms with Gasteiger partial charge in [-0.3, -0.25) is 4.79 Å². The van der Waals surface area contributed by atoms with Crippen LogP contribution in [0.1, 0.15) is 16.9 Å². The summed E-state index contributed by atoms with van der Waals surface area (Å²) in [4.78, 5) is 29.3. The Hall–Kier alpha value is -2.16. The molecule has 2 aromatic heterocycles. The number of carbonyl (C=O) groups excluding carboxylic acids is 2. The van der Waals surface area contributed by atoms with Gasteiger partial charge in [0, 0.05) is 27.8 Å². The molecule has 27 heavy (non-hydrogen) atoms. The minimum absolute atomic E-state index is 0.230. The SMILES string of the molecule is O=C(COC(=O)c1csc(-c2ccsc2)n1)NCCCSc1ccccc1. The van der Waals surface area contributed by atoms with Crippen LogP contribution in [0.15, 0.2) is 57.4 Å². The van der Waals surface area contributed by atoms with E-state index in [9.17, 15) is 9.59 Å². The summed E-state index contributed by atoms with van der Waals surface area (Å²) >= 11 is 4.70. The number of benzene rings is 1. The lowest BCUT2D eigenvalue weighted by Crippen LogP contribution is -2.29. The van der Waals surface area contributed by atoms with E-state index in [1.165, 1.54) is 16.2 Å². The van der Waals surface area contributed by atoms with Gasteiger partial charge in [-0.2, -0.15) is 11.3 Å².